The van der Waals surface area contributed by atoms with Gasteiger partial charge in [-0.2, -0.15) is 0 Å². The number of nitrogens with zero attached hydrogens (tertiary/aromatic N) is 2. The van der Waals surface area contributed by atoms with E-state index in [1.807, 2.05) is 35.2 Å². The summed E-state index contributed by atoms with van der Waals surface area (Å²) in [7, 11) is 0. The maximum absolute atomic E-state index is 12.9. The fraction of sp³-hybridized carbons (Fsp3) is 0.429. The number of amides is 1. The molecule has 5 rings (SSSR count). The molecule has 1 aromatic carbocycles. The second kappa shape index (κ2) is 8.49. The van der Waals surface area contributed by atoms with E-state index < -0.39 is 0 Å². The molecule has 2 aromatic heterocycles. The zero-order valence-corrected chi connectivity index (χ0v) is 18.0. The summed E-state index contributed by atoms with van der Waals surface area (Å²) in [5, 5.41) is 4.68. The van der Waals surface area contributed by atoms with Gasteiger partial charge >= 0.3 is 0 Å². The Bertz CT molecular complexity index is 924. The van der Waals surface area contributed by atoms with Crippen molar-refractivity contribution in [2.24, 2.45) is 5.92 Å². The van der Waals surface area contributed by atoms with E-state index in [1.54, 1.807) is 22.7 Å². The normalized spacial score (nSPS) is 17.6. The van der Waals surface area contributed by atoms with Gasteiger partial charge in [-0.25, -0.2) is 4.98 Å². The molecule has 3 heterocycles. The van der Waals surface area contributed by atoms with Crippen LogP contribution in [-0.2, 0) is 0 Å². The number of likely N-dealkylation sites (tertiary alicyclic amines) is 1. The molecule has 2 aliphatic rings. The van der Waals surface area contributed by atoms with Crippen LogP contribution in [-0.4, -0.2) is 41.5 Å². The van der Waals surface area contributed by atoms with Crippen molar-refractivity contribution >= 4 is 51.2 Å². The van der Waals surface area contributed by atoms with Crippen LogP contribution in [0.3, 0.4) is 0 Å². The lowest BCUT2D eigenvalue weighted by molar-refractivity contribution is 0.0710. The van der Waals surface area contributed by atoms with Crippen LogP contribution in [0.4, 0.5) is 0 Å². The highest BCUT2D eigenvalue weighted by Crippen LogP contribution is 2.35. The van der Waals surface area contributed by atoms with Gasteiger partial charge in [0.2, 0.25) is 0 Å². The summed E-state index contributed by atoms with van der Waals surface area (Å²) in [5.41, 5.74) is 1.03. The standard InChI is InChI=1S/C21H23N3OS2.ClH/c25-21(24-11-9-15(10-12-24)22-13-14-5-6-14)19-8-7-18(26-19)20-23-16-3-1-2-4-17(16)27-20;/h1-4,7-8,14-15,22H,5-6,9-13H2;1H. The topological polar surface area (TPSA) is 45.2 Å². The van der Waals surface area contributed by atoms with Crippen molar-refractivity contribution in [3.8, 4) is 9.88 Å². The smallest absolute Gasteiger partial charge is 0.263 e. The summed E-state index contributed by atoms with van der Waals surface area (Å²) < 4.78 is 1.19. The van der Waals surface area contributed by atoms with E-state index in [0.717, 1.165) is 58.7 Å². The average molecular weight is 434 g/mol. The molecule has 0 bridgehead atoms. The molecule has 28 heavy (non-hydrogen) atoms. The van der Waals surface area contributed by atoms with Crippen molar-refractivity contribution in [1.82, 2.24) is 15.2 Å². The Labute approximate surface area is 179 Å². The molecule has 1 N–H and O–H groups in total. The van der Waals surface area contributed by atoms with Gasteiger partial charge in [0.25, 0.3) is 5.91 Å². The third-order valence-corrected chi connectivity index (χ3v) is 7.77. The Morgan fingerprint density at radius 1 is 1.07 bits per heavy atom. The van der Waals surface area contributed by atoms with Crippen LogP contribution >= 0.6 is 35.1 Å². The lowest BCUT2D eigenvalue weighted by Crippen LogP contribution is -2.45. The maximum atomic E-state index is 12.9. The third kappa shape index (κ3) is 4.25. The van der Waals surface area contributed by atoms with Gasteiger partial charge in [0.1, 0.15) is 5.01 Å². The van der Waals surface area contributed by atoms with E-state index in [2.05, 4.69) is 11.4 Å². The van der Waals surface area contributed by atoms with E-state index in [0.29, 0.717) is 6.04 Å². The molecule has 2 fully saturated rings. The molecule has 0 spiro atoms. The fourth-order valence-corrected chi connectivity index (χ4v) is 5.64. The van der Waals surface area contributed by atoms with Crippen molar-refractivity contribution in [3.05, 3.63) is 41.3 Å². The molecule has 0 radical (unpaired) electrons. The molecule has 1 aliphatic carbocycles. The molecular formula is C21H24ClN3OS2. The summed E-state index contributed by atoms with van der Waals surface area (Å²) in [6, 6.07) is 12.8. The summed E-state index contributed by atoms with van der Waals surface area (Å²) in [4.78, 5) is 21.5. The summed E-state index contributed by atoms with van der Waals surface area (Å²) in [6.45, 7) is 2.88. The van der Waals surface area contributed by atoms with Gasteiger partial charge in [-0.05, 0) is 62.4 Å². The molecule has 7 heteroatoms. The van der Waals surface area contributed by atoms with Gasteiger partial charge in [-0.15, -0.1) is 35.1 Å². The second-order valence-corrected chi connectivity index (χ2v) is 9.68. The summed E-state index contributed by atoms with van der Waals surface area (Å²) in [5.74, 6) is 1.09. The first-order valence-electron chi connectivity index (χ1n) is 9.75. The number of carbonyl (C=O) groups excluding carboxylic acids is 1. The third-order valence-electron chi connectivity index (χ3n) is 5.50. The van der Waals surface area contributed by atoms with Gasteiger partial charge in [0, 0.05) is 19.1 Å². The van der Waals surface area contributed by atoms with Crippen molar-refractivity contribution in [3.63, 3.8) is 0 Å². The first kappa shape index (κ1) is 19.8. The van der Waals surface area contributed by atoms with Crippen LogP contribution in [0.25, 0.3) is 20.1 Å². The minimum atomic E-state index is 0. The number of rotatable bonds is 5. The zero-order chi connectivity index (χ0) is 18.2. The molecule has 0 atom stereocenters. The van der Waals surface area contributed by atoms with Gasteiger partial charge in [0.05, 0.1) is 20.0 Å². The largest absolute Gasteiger partial charge is 0.338 e. The monoisotopic (exact) mass is 433 g/mol. The van der Waals surface area contributed by atoms with Crippen molar-refractivity contribution < 1.29 is 4.79 Å². The first-order chi connectivity index (χ1) is 13.3. The highest BCUT2D eigenvalue weighted by Gasteiger charge is 2.27. The number of fused-ring (bicyclic) bond motifs is 1. The minimum Gasteiger partial charge on any atom is -0.338 e. The Balaban J connectivity index is 0.00000192. The number of carbonyl (C=O) groups is 1. The van der Waals surface area contributed by atoms with Crippen LogP contribution in [0.1, 0.15) is 35.4 Å². The molecular weight excluding hydrogens is 410 g/mol. The number of para-hydroxylation sites is 1. The summed E-state index contributed by atoms with van der Waals surface area (Å²) in [6.07, 6.45) is 4.91. The van der Waals surface area contributed by atoms with E-state index in [9.17, 15) is 4.79 Å². The van der Waals surface area contributed by atoms with Gasteiger partial charge in [0.15, 0.2) is 0 Å². The van der Waals surface area contributed by atoms with Crippen LogP contribution in [0.5, 0.6) is 0 Å². The SMILES string of the molecule is Cl.O=C(c1ccc(-c2nc3ccccc3s2)s1)N1CCC(NCC2CC2)CC1. The lowest BCUT2D eigenvalue weighted by Gasteiger charge is -2.32. The number of nitrogens with one attached hydrogen (secondary N) is 1. The number of hydrogen-bond acceptors (Lipinski definition) is 5. The molecule has 148 valence electrons. The van der Waals surface area contributed by atoms with Gasteiger partial charge in [-0.1, -0.05) is 12.1 Å². The quantitative estimate of drug-likeness (QED) is 0.612. The molecule has 1 saturated heterocycles. The fourth-order valence-electron chi connectivity index (χ4n) is 3.64. The number of thiazole rings is 1. The number of aromatic nitrogens is 1. The van der Waals surface area contributed by atoms with E-state index >= 15 is 0 Å². The van der Waals surface area contributed by atoms with Crippen LogP contribution in [0, 0.1) is 5.92 Å². The predicted molar refractivity (Wildman–Crippen MR) is 120 cm³/mol. The molecule has 1 amide bonds. The number of thiophene rings is 1. The lowest BCUT2D eigenvalue weighted by atomic mass is 10.0. The zero-order valence-electron chi connectivity index (χ0n) is 15.6. The Morgan fingerprint density at radius 2 is 1.86 bits per heavy atom. The molecule has 1 aliphatic heterocycles. The highest BCUT2D eigenvalue weighted by molar-refractivity contribution is 7.26. The first-order valence-corrected chi connectivity index (χ1v) is 11.4. The number of benzene rings is 1. The Morgan fingerprint density at radius 3 is 2.61 bits per heavy atom. The van der Waals surface area contributed by atoms with Crippen molar-refractivity contribution in [1.29, 1.82) is 0 Å². The van der Waals surface area contributed by atoms with Crippen molar-refractivity contribution in [2.45, 2.75) is 31.7 Å². The van der Waals surface area contributed by atoms with E-state index in [-0.39, 0.29) is 18.3 Å². The number of hydrogen-bond donors (Lipinski definition) is 1. The second-order valence-electron chi connectivity index (χ2n) is 7.57. The maximum Gasteiger partial charge on any atom is 0.263 e. The van der Waals surface area contributed by atoms with Crippen LogP contribution in [0.2, 0.25) is 0 Å². The van der Waals surface area contributed by atoms with Crippen LogP contribution < -0.4 is 5.32 Å². The van der Waals surface area contributed by atoms with Crippen molar-refractivity contribution in [2.75, 3.05) is 19.6 Å². The van der Waals surface area contributed by atoms with Crippen LogP contribution in [0.15, 0.2) is 36.4 Å². The average Bonchev–Trinajstić information content (AvgIpc) is 3.23. The Kier molecular flexibility index (Phi) is 6.01. The molecule has 4 nitrogen and oxygen atoms in total. The highest BCUT2D eigenvalue weighted by atomic mass is 35.5. The van der Waals surface area contributed by atoms with Gasteiger partial charge in [-0.3, -0.25) is 4.79 Å². The van der Waals surface area contributed by atoms with E-state index in [1.165, 1.54) is 17.5 Å². The molecule has 3 aromatic rings. The molecule has 1 saturated carbocycles. The number of halogens is 1. The number of piperidine rings is 1. The Hall–Kier alpha value is -1.47. The summed E-state index contributed by atoms with van der Waals surface area (Å²) >= 11 is 3.26. The van der Waals surface area contributed by atoms with Gasteiger partial charge < -0.3 is 10.2 Å². The minimum absolute atomic E-state index is 0. The molecule has 0 unspecified atom stereocenters. The van der Waals surface area contributed by atoms with E-state index in [4.69, 9.17) is 4.98 Å². The predicted octanol–water partition coefficient (Wildman–Crippen LogP) is 5.05.